The molecule has 1 amide bonds. The van der Waals surface area contributed by atoms with Gasteiger partial charge in [0, 0.05) is 36.1 Å². The second-order valence-corrected chi connectivity index (χ2v) is 13.1. The predicted molar refractivity (Wildman–Crippen MR) is 159 cm³/mol. The fraction of sp³-hybridized carbons (Fsp3) is 0.258. The summed E-state index contributed by atoms with van der Waals surface area (Å²) < 4.78 is 33.7. The topological polar surface area (TPSA) is 87.7 Å². The Hall–Kier alpha value is -3.50. The summed E-state index contributed by atoms with van der Waals surface area (Å²) in [5.74, 6) is 0.367. The van der Waals surface area contributed by atoms with Gasteiger partial charge in [-0.25, -0.2) is 8.42 Å². The highest BCUT2D eigenvalue weighted by atomic mass is 32.2. The maximum Gasteiger partial charge on any atom is 0.252 e. The quantitative estimate of drug-likeness (QED) is 0.268. The Morgan fingerprint density at radius 3 is 2.42 bits per heavy atom. The molecule has 0 saturated carbocycles. The lowest BCUT2D eigenvalue weighted by Crippen LogP contribution is -2.44. The molecule has 2 heterocycles. The molecule has 3 aromatic carbocycles. The highest BCUT2D eigenvalue weighted by Crippen LogP contribution is 2.28. The number of rotatable bonds is 10. The number of sulfonamides is 1. The SMILES string of the molecule is COc1cccc(C(=O)NCc2ccc(S(=O)(=O)N3CCC(NCc4cccc(-c5ccccc5)c4)CC3)s2)c1. The summed E-state index contributed by atoms with van der Waals surface area (Å²) in [5.41, 5.74) is 4.08. The molecule has 1 fully saturated rings. The second-order valence-electron chi connectivity index (χ2n) is 9.76. The van der Waals surface area contributed by atoms with E-state index >= 15 is 0 Å². The van der Waals surface area contributed by atoms with E-state index in [9.17, 15) is 13.2 Å². The zero-order valence-electron chi connectivity index (χ0n) is 22.4. The minimum absolute atomic E-state index is 0.238. The fourth-order valence-corrected chi connectivity index (χ4v) is 7.73. The Kier molecular flexibility index (Phi) is 8.96. The number of nitrogens with zero attached hydrogens (tertiary/aromatic N) is 1. The van der Waals surface area contributed by atoms with Gasteiger partial charge in [0.1, 0.15) is 9.96 Å². The molecular formula is C31H33N3O4S2. The van der Waals surface area contributed by atoms with E-state index < -0.39 is 10.0 Å². The van der Waals surface area contributed by atoms with Crippen LogP contribution in [0.3, 0.4) is 0 Å². The number of hydrogen-bond acceptors (Lipinski definition) is 6. The van der Waals surface area contributed by atoms with Gasteiger partial charge in [-0.1, -0.05) is 54.6 Å². The van der Waals surface area contributed by atoms with Crippen LogP contribution < -0.4 is 15.4 Å². The van der Waals surface area contributed by atoms with Crippen molar-refractivity contribution >= 4 is 27.3 Å². The van der Waals surface area contributed by atoms with E-state index in [0.29, 0.717) is 28.6 Å². The van der Waals surface area contributed by atoms with Crippen LogP contribution in [0.5, 0.6) is 5.75 Å². The molecule has 0 atom stereocenters. The lowest BCUT2D eigenvalue weighted by molar-refractivity contribution is 0.0951. The highest BCUT2D eigenvalue weighted by Gasteiger charge is 2.30. The number of thiophene rings is 1. The van der Waals surface area contributed by atoms with E-state index in [0.717, 1.165) is 24.3 Å². The van der Waals surface area contributed by atoms with Crippen LogP contribution in [0.2, 0.25) is 0 Å². The Balaban J connectivity index is 1.11. The van der Waals surface area contributed by atoms with Gasteiger partial charge >= 0.3 is 0 Å². The first-order chi connectivity index (χ1) is 19.4. The van der Waals surface area contributed by atoms with Gasteiger partial charge in [0.05, 0.1) is 13.7 Å². The fourth-order valence-electron chi connectivity index (χ4n) is 4.81. The Morgan fingerprint density at radius 2 is 1.65 bits per heavy atom. The van der Waals surface area contributed by atoms with E-state index in [1.54, 1.807) is 47.8 Å². The van der Waals surface area contributed by atoms with Crippen molar-refractivity contribution in [2.45, 2.75) is 36.2 Å². The molecule has 40 heavy (non-hydrogen) atoms. The van der Waals surface area contributed by atoms with Gasteiger partial charge in [-0.3, -0.25) is 4.79 Å². The monoisotopic (exact) mass is 575 g/mol. The lowest BCUT2D eigenvalue weighted by atomic mass is 10.0. The minimum Gasteiger partial charge on any atom is -0.497 e. The Morgan fingerprint density at radius 1 is 0.900 bits per heavy atom. The number of benzene rings is 3. The summed E-state index contributed by atoms with van der Waals surface area (Å²) in [6, 6.07) is 29.4. The largest absolute Gasteiger partial charge is 0.497 e. The number of piperidine rings is 1. The molecule has 1 aliphatic heterocycles. The summed E-state index contributed by atoms with van der Waals surface area (Å²) in [5, 5.41) is 6.47. The third-order valence-electron chi connectivity index (χ3n) is 7.07. The first-order valence-electron chi connectivity index (χ1n) is 13.3. The van der Waals surface area contributed by atoms with Crippen LogP contribution >= 0.6 is 11.3 Å². The maximum atomic E-state index is 13.3. The first kappa shape index (κ1) is 28.0. The lowest BCUT2D eigenvalue weighted by Gasteiger charge is -2.31. The molecule has 5 rings (SSSR count). The van der Waals surface area contributed by atoms with Crippen molar-refractivity contribution in [3.63, 3.8) is 0 Å². The molecular weight excluding hydrogens is 542 g/mol. The first-order valence-corrected chi connectivity index (χ1v) is 15.6. The third kappa shape index (κ3) is 6.79. The van der Waals surface area contributed by atoms with Gasteiger partial charge in [-0.05, 0) is 65.9 Å². The smallest absolute Gasteiger partial charge is 0.252 e. The summed E-state index contributed by atoms with van der Waals surface area (Å²) in [6.45, 7) is 1.95. The number of carbonyl (C=O) groups is 1. The molecule has 0 radical (unpaired) electrons. The highest BCUT2D eigenvalue weighted by molar-refractivity contribution is 7.91. The Labute approximate surface area is 239 Å². The van der Waals surface area contributed by atoms with Crippen LogP contribution in [0.25, 0.3) is 11.1 Å². The normalized spacial score (nSPS) is 14.6. The number of amides is 1. The molecule has 0 aliphatic carbocycles. The number of nitrogens with one attached hydrogen (secondary N) is 2. The van der Waals surface area contributed by atoms with Crippen LogP contribution in [0.4, 0.5) is 0 Å². The minimum atomic E-state index is -3.57. The number of carbonyl (C=O) groups excluding carboxylic acids is 1. The van der Waals surface area contributed by atoms with E-state index in [2.05, 4.69) is 47.0 Å². The van der Waals surface area contributed by atoms with Crippen LogP contribution in [0, 0.1) is 0 Å². The summed E-state index contributed by atoms with van der Waals surface area (Å²) in [7, 11) is -2.02. The molecule has 0 unspecified atom stereocenters. The third-order valence-corrected chi connectivity index (χ3v) is 10.5. The van der Waals surface area contributed by atoms with Crippen molar-refractivity contribution < 1.29 is 17.9 Å². The molecule has 4 aromatic rings. The molecule has 1 saturated heterocycles. The van der Waals surface area contributed by atoms with Crippen LogP contribution in [0.1, 0.15) is 33.6 Å². The second kappa shape index (κ2) is 12.8. The zero-order valence-corrected chi connectivity index (χ0v) is 24.0. The van der Waals surface area contributed by atoms with E-state index in [1.165, 1.54) is 28.0 Å². The average Bonchev–Trinajstić information content (AvgIpc) is 3.50. The molecule has 7 nitrogen and oxygen atoms in total. The van der Waals surface area contributed by atoms with Crippen molar-refractivity contribution in [1.29, 1.82) is 0 Å². The molecule has 1 aromatic heterocycles. The van der Waals surface area contributed by atoms with Crippen LogP contribution in [-0.2, 0) is 23.1 Å². The van der Waals surface area contributed by atoms with Gasteiger partial charge in [-0.15, -0.1) is 11.3 Å². The van der Waals surface area contributed by atoms with E-state index in [-0.39, 0.29) is 18.5 Å². The van der Waals surface area contributed by atoms with Crippen molar-refractivity contribution in [1.82, 2.24) is 14.9 Å². The maximum absolute atomic E-state index is 13.3. The average molecular weight is 576 g/mol. The molecule has 208 valence electrons. The number of methoxy groups -OCH3 is 1. The molecule has 0 bridgehead atoms. The molecule has 1 aliphatic rings. The van der Waals surface area contributed by atoms with Gasteiger partial charge in [-0.2, -0.15) is 4.31 Å². The molecule has 0 spiro atoms. The number of ether oxygens (including phenoxy) is 1. The van der Waals surface area contributed by atoms with E-state index in [4.69, 9.17) is 4.74 Å². The van der Waals surface area contributed by atoms with Crippen molar-refractivity contribution in [3.05, 3.63) is 107 Å². The van der Waals surface area contributed by atoms with Gasteiger partial charge < -0.3 is 15.4 Å². The predicted octanol–water partition coefficient (Wildman–Crippen LogP) is 5.30. The summed E-state index contributed by atoms with van der Waals surface area (Å²) in [4.78, 5) is 13.3. The van der Waals surface area contributed by atoms with Gasteiger partial charge in [0.25, 0.3) is 15.9 Å². The number of hydrogen-bond donors (Lipinski definition) is 2. The van der Waals surface area contributed by atoms with Crippen LogP contribution in [0.15, 0.2) is 95.2 Å². The van der Waals surface area contributed by atoms with E-state index in [1.807, 2.05) is 18.2 Å². The standard InChI is InChI=1S/C31H33N3O4S2/c1-38-28-12-6-11-26(20-28)31(35)33-22-29-13-14-30(39-29)40(36,37)34-17-15-27(16-18-34)32-21-23-7-5-10-25(19-23)24-8-3-2-4-9-24/h2-14,19-20,27,32H,15-18,21-22H2,1H3,(H,33,35). The van der Waals surface area contributed by atoms with Crippen LogP contribution in [-0.4, -0.2) is 44.9 Å². The summed E-state index contributed by atoms with van der Waals surface area (Å²) in [6.07, 6.45) is 1.51. The van der Waals surface area contributed by atoms with Gasteiger partial charge in [0.2, 0.25) is 0 Å². The zero-order chi connectivity index (χ0) is 28.0. The molecule has 9 heteroatoms. The Bertz CT molecular complexity index is 1550. The van der Waals surface area contributed by atoms with Crippen molar-refractivity contribution in [2.24, 2.45) is 0 Å². The van der Waals surface area contributed by atoms with Gasteiger partial charge in [0.15, 0.2) is 0 Å². The summed E-state index contributed by atoms with van der Waals surface area (Å²) >= 11 is 1.20. The van der Waals surface area contributed by atoms with Crippen molar-refractivity contribution in [3.8, 4) is 16.9 Å². The van der Waals surface area contributed by atoms with Crippen molar-refractivity contribution in [2.75, 3.05) is 20.2 Å². The molecule has 2 N–H and O–H groups in total.